The van der Waals surface area contributed by atoms with Gasteiger partial charge in [0.25, 0.3) is 0 Å². The third-order valence-electron chi connectivity index (χ3n) is 4.36. The van der Waals surface area contributed by atoms with Gasteiger partial charge in [0.15, 0.2) is 0 Å². The Morgan fingerprint density at radius 1 is 0.931 bits per heavy atom. The number of hydrogen-bond acceptors (Lipinski definition) is 6. The van der Waals surface area contributed by atoms with Gasteiger partial charge in [-0.3, -0.25) is 4.98 Å². The molecule has 29 heavy (non-hydrogen) atoms. The van der Waals surface area contributed by atoms with Gasteiger partial charge in [0.1, 0.15) is 28.5 Å². The average Bonchev–Trinajstić information content (AvgIpc) is 2.74. The van der Waals surface area contributed by atoms with E-state index in [2.05, 4.69) is 22.1 Å². The lowest BCUT2D eigenvalue weighted by atomic mass is 9.94. The first-order chi connectivity index (χ1) is 14.1. The molecule has 2 heterocycles. The molecule has 0 aliphatic rings. The van der Waals surface area contributed by atoms with Gasteiger partial charge >= 0.3 is 0 Å². The predicted octanol–water partition coefficient (Wildman–Crippen LogP) is 5.43. The zero-order valence-corrected chi connectivity index (χ0v) is 16.5. The van der Waals surface area contributed by atoms with Crippen molar-refractivity contribution in [1.82, 2.24) is 9.97 Å². The second kappa shape index (κ2) is 7.81. The maximum Gasteiger partial charge on any atom is 0.143 e. The fourth-order valence-corrected chi connectivity index (χ4v) is 4.08. The maximum absolute atomic E-state index is 9.98. The normalized spacial score (nSPS) is 10.4. The molecular formula is C22H12ClN5S. The van der Waals surface area contributed by atoms with Crippen LogP contribution in [0.3, 0.4) is 0 Å². The van der Waals surface area contributed by atoms with Crippen molar-refractivity contribution in [3.05, 3.63) is 76.9 Å². The number of nitriles is 2. The Kier molecular flexibility index (Phi) is 5.05. The van der Waals surface area contributed by atoms with Crippen LogP contribution in [0, 0.1) is 22.7 Å². The minimum absolute atomic E-state index is 0.0823. The Bertz CT molecular complexity index is 1320. The smallest absolute Gasteiger partial charge is 0.143 e. The topological polar surface area (TPSA) is 99.4 Å². The summed E-state index contributed by atoms with van der Waals surface area (Å²) in [6.45, 7) is 0. The molecule has 0 atom stereocenters. The molecule has 4 aromatic rings. The van der Waals surface area contributed by atoms with Crippen molar-refractivity contribution in [2.45, 2.75) is 9.92 Å². The number of hydrogen-bond donors (Lipinski definition) is 1. The minimum Gasteiger partial charge on any atom is -0.383 e. The molecule has 0 saturated carbocycles. The number of nitrogens with zero attached hydrogens (tertiary/aromatic N) is 4. The van der Waals surface area contributed by atoms with Gasteiger partial charge in [-0.2, -0.15) is 10.5 Å². The first-order valence-electron chi connectivity index (χ1n) is 8.53. The Morgan fingerprint density at radius 3 is 2.38 bits per heavy atom. The zero-order chi connectivity index (χ0) is 20.4. The van der Waals surface area contributed by atoms with Crippen molar-refractivity contribution < 1.29 is 0 Å². The molecule has 0 radical (unpaired) electrons. The highest BCUT2D eigenvalue weighted by atomic mass is 35.5. The molecule has 2 aromatic heterocycles. The van der Waals surface area contributed by atoms with Crippen molar-refractivity contribution >= 4 is 40.1 Å². The molecule has 0 bridgehead atoms. The van der Waals surface area contributed by atoms with E-state index in [-0.39, 0.29) is 11.4 Å². The number of anilines is 1. The summed E-state index contributed by atoms with van der Waals surface area (Å²) in [7, 11) is 0. The number of benzene rings is 2. The maximum atomic E-state index is 9.98. The van der Waals surface area contributed by atoms with E-state index in [0.29, 0.717) is 21.2 Å². The van der Waals surface area contributed by atoms with Gasteiger partial charge in [-0.15, -0.1) is 0 Å². The van der Waals surface area contributed by atoms with Crippen LogP contribution in [0.4, 0.5) is 5.82 Å². The van der Waals surface area contributed by atoms with Crippen molar-refractivity contribution in [3.63, 3.8) is 0 Å². The van der Waals surface area contributed by atoms with Crippen LogP contribution in [0.1, 0.15) is 11.1 Å². The van der Waals surface area contributed by atoms with Gasteiger partial charge in [0, 0.05) is 27.1 Å². The summed E-state index contributed by atoms with van der Waals surface area (Å²) in [6, 6.07) is 20.9. The first-order valence-corrected chi connectivity index (χ1v) is 9.73. The van der Waals surface area contributed by atoms with Gasteiger partial charge in [-0.1, -0.05) is 41.6 Å². The zero-order valence-electron chi connectivity index (χ0n) is 14.9. The van der Waals surface area contributed by atoms with E-state index in [1.54, 1.807) is 24.4 Å². The summed E-state index contributed by atoms with van der Waals surface area (Å²) < 4.78 is 0. The molecule has 2 N–H and O–H groups in total. The number of halogens is 1. The fourth-order valence-electron chi connectivity index (χ4n) is 3.07. The van der Waals surface area contributed by atoms with E-state index in [1.165, 1.54) is 11.8 Å². The summed E-state index contributed by atoms with van der Waals surface area (Å²) in [4.78, 5) is 9.57. The van der Waals surface area contributed by atoms with E-state index in [1.807, 2.05) is 36.4 Å². The highest BCUT2D eigenvalue weighted by molar-refractivity contribution is 7.99. The second-order valence-electron chi connectivity index (χ2n) is 6.08. The van der Waals surface area contributed by atoms with E-state index in [4.69, 9.17) is 17.3 Å². The number of nitrogen functional groups attached to an aromatic ring is 1. The fraction of sp³-hybridized carbons (Fsp3) is 0. The van der Waals surface area contributed by atoms with E-state index >= 15 is 0 Å². The van der Waals surface area contributed by atoms with Gasteiger partial charge in [-0.25, -0.2) is 4.98 Å². The van der Waals surface area contributed by atoms with Crippen LogP contribution in [0.15, 0.2) is 70.7 Å². The van der Waals surface area contributed by atoms with Crippen LogP contribution in [0.2, 0.25) is 5.02 Å². The number of aromatic nitrogens is 2. The molecule has 4 rings (SSSR count). The lowest BCUT2D eigenvalue weighted by Gasteiger charge is -2.14. The third-order valence-corrected chi connectivity index (χ3v) is 5.61. The third kappa shape index (κ3) is 3.48. The Balaban J connectivity index is 2.00. The number of para-hydroxylation sites is 1. The quantitative estimate of drug-likeness (QED) is 0.480. The van der Waals surface area contributed by atoms with Gasteiger partial charge in [-0.05, 0) is 42.0 Å². The van der Waals surface area contributed by atoms with Crippen LogP contribution < -0.4 is 5.73 Å². The molecule has 7 heteroatoms. The van der Waals surface area contributed by atoms with E-state index in [9.17, 15) is 10.5 Å². The summed E-state index contributed by atoms with van der Waals surface area (Å²) in [6.07, 6.45) is 1.66. The second-order valence-corrected chi connectivity index (χ2v) is 7.58. The predicted molar refractivity (Wildman–Crippen MR) is 114 cm³/mol. The van der Waals surface area contributed by atoms with E-state index < -0.39 is 0 Å². The molecule has 0 amide bonds. The Labute approximate surface area is 176 Å². The molecule has 0 fully saturated rings. The lowest BCUT2D eigenvalue weighted by molar-refractivity contribution is 1.11. The lowest BCUT2D eigenvalue weighted by Crippen LogP contribution is -2.03. The molecule has 5 nitrogen and oxygen atoms in total. The average molecular weight is 414 g/mol. The number of fused-ring (bicyclic) bond motifs is 1. The molecule has 0 aliphatic carbocycles. The molecular weight excluding hydrogens is 402 g/mol. The van der Waals surface area contributed by atoms with Gasteiger partial charge in [0.2, 0.25) is 0 Å². The first kappa shape index (κ1) is 18.8. The minimum atomic E-state index is 0.0823. The van der Waals surface area contributed by atoms with Crippen molar-refractivity contribution in [1.29, 1.82) is 10.5 Å². The standard InChI is InChI=1S/C22H12ClN5S/c23-13-5-7-14(8-6-13)29-22-18(12-25)20(17(11-24)21(26)28-22)16-9-10-27-19-4-2-1-3-15(16)19/h1-10H,(H2,26,28). The van der Waals surface area contributed by atoms with Crippen LogP contribution in [-0.2, 0) is 0 Å². The van der Waals surface area contributed by atoms with Crippen molar-refractivity contribution in [3.8, 4) is 23.3 Å². The van der Waals surface area contributed by atoms with Gasteiger partial charge < -0.3 is 5.73 Å². The van der Waals surface area contributed by atoms with Crippen LogP contribution >= 0.6 is 23.4 Å². The van der Waals surface area contributed by atoms with Crippen LogP contribution in [0.5, 0.6) is 0 Å². The molecule has 0 saturated heterocycles. The van der Waals surface area contributed by atoms with Crippen molar-refractivity contribution in [2.75, 3.05) is 5.73 Å². The summed E-state index contributed by atoms with van der Waals surface area (Å²) in [5.41, 5.74) is 8.55. The summed E-state index contributed by atoms with van der Waals surface area (Å²) in [5.74, 6) is 0.0823. The summed E-state index contributed by atoms with van der Waals surface area (Å²) in [5, 5.41) is 21.6. The Hall–Kier alpha value is -3.58. The number of nitrogens with two attached hydrogens (primary N) is 1. The van der Waals surface area contributed by atoms with Crippen LogP contribution in [-0.4, -0.2) is 9.97 Å². The Morgan fingerprint density at radius 2 is 1.66 bits per heavy atom. The van der Waals surface area contributed by atoms with Gasteiger partial charge in [0.05, 0.1) is 11.1 Å². The molecule has 0 aliphatic heterocycles. The molecule has 2 aromatic carbocycles. The van der Waals surface area contributed by atoms with Crippen molar-refractivity contribution in [2.24, 2.45) is 0 Å². The summed E-state index contributed by atoms with van der Waals surface area (Å²) >= 11 is 7.26. The molecule has 0 unspecified atom stereocenters. The van der Waals surface area contributed by atoms with E-state index in [0.717, 1.165) is 21.4 Å². The highest BCUT2D eigenvalue weighted by Crippen LogP contribution is 2.40. The molecule has 0 spiro atoms. The number of pyridine rings is 2. The SMILES string of the molecule is N#Cc1c(N)nc(Sc2ccc(Cl)cc2)c(C#N)c1-c1ccnc2ccccc12. The molecule has 138 valence electrons. The largest absolute Gasteiger partial charge is 0.383 e. The van der Waals surface area contributed by atoms with Crippen LogP contribution in [0.25, 0.3) is 22.0 Å². The monoisotopic (exact) mass is 413 g/mol. The number of rotatable bonds is 3. The highest BCUT2D eigenvalue weighted by Gasteiger charge is 2.22.